The number of rotatable bonds is 4. The Labute approximate surface area is 118 Å². The van der Waals surface area contributed by atoms with Crippen LogP contribution in [0.3, 0.4) is 0 Å². The van der Waals surface area contributed by atoms with Gasteiger partial charge in [0.2, 0.25) is 0 Å². The van der Waals surface area contributed by atoms with Gasteiger partial charge in [-0.2, -0.15) is 13.2 Å². The van der Waals surface area contributed by atoms with Gasteiger partial charge in [0.1, 0.15) is 11.8 Å². The first kappa shape index (κ1) is 15.4. The molecule has 0 aliphatic carbocycles. The van der Waals surface area contributed by atoms with Gasteiger partial charge in [0.05, 0.1) is 6.26 Å². The molecule has 1 aliphatic heterocycles. The van der Waals surface area contributed by atoms with Crippen LogP contribution in [-0.4, -0.2) is 35.6 Å². The Morgan fingerprint density at radius 3 is 2.62 bits per heavy atom. The number of carbonyl (C=O) groups excluding carboxylic acids is 2. The number of nitrogens with two attached hydrogens (primary N) is 1. The number of hydrogen-bond donors (Lipinski definition) is 2. The Balaban J connectivity index is 2.38. The highest BCUT2D eigenvalue weighted by Crippen LogP contribution is 2.35. The zero-order valence-electron chi connectivity index (χ0n) is 11.1. The molecule has 3 amide bonds. The lowest BCUT2D eigenvalue weighted by Crippen LogP contribution is -2.51. The summed E-state index contributed by atoms with van der Waals surface area (Å²) in [4.78, 5) is 24.4. The van der Waals surface area contributed by atoms with Crippen LogP contribution < -0.4 is 11.1 Å². The van der Waals surface area contributed by atoms with Crippen LogP contribution in [0.5, 0.6) is 0 Å². The highest BCUT2D eigenvalue weighted by Gasteiger charge is 2.58. The van der Waals surface area contributed by atoms with Crippen molar-refractivity contribution in [3.8, 4) is 0 Å². The van der Waals surface area contributed by atoms with Gasteiger partial charge in [0, 0.05) is 0 Å². The minimum atomic E-state index is -4.75. The van der Waals surface area contributed by atoms with Crippen molar-refractivity contribution in [1.82, 2.24) is 10.2 Å². The van der Waals surface area contributed by atoms with Gasteiger partial charge >= 0.3 is 12.2 Å². The van der Waals surface area contributed by atoms with E-state index in [1.54, 1.807) is 0 Å². The van der Waals surface area contributed by atoms with Gasteiger partial charge in [0.25, 0.3) is 5.91 Å². The Bertz CT molecular complexity index is 544. The third-order valence-corrected chi connectivity index (χ3v) is 3.37. The largest absolute Gasteiger partial charge is 0.466 e. The maximum absolute atomic E-state index is 13.0. The van der Waals surface area contributed by atoms with Crippen LogP contribution in [0.25, 0.3) is 0 Å². The summed E-state index contributed by atoms with van der Waals surface area (Å²) in [5.41, 5.74) is 3.50. The van der Waals surface area contributed by atoms with Crippen LogP contribution in [-0.2, 0) is 10.3 Å². The van der Waals surface area contributed by atoms with E-state index in [0.29, 0.717) is 0 Å². The van der Waals surface area contributed by atoms with Crippen LogP contribution in [0.4, 0.5) is 18.0 Å². The standard InChI is InChI=1S/C12H14F3N3O3/c1-11(8-3-2-6-21-8)9(19)18(10(20)17-11)7(4-5-16)12(13,14)15/h2-3,6-7H,4-5,16H2,1H3,(H,17,20). The number of imide groups is 1. The molecule has 2 heterocycles. The first-order valence-electron chi connectivity index (χ1n) is 6.18. The molecule has 0 saturated carbocycles. The number of alkyl halides is 3. The monoisotopic (exact) mass is 305 g/mol. The summed E-state index contributed by atoms with van der Waals surface area (Å²) < 4.78 is 44.2. The molecule has 0 bridgehead atoms. The van der Waals surface area contributed by atoms with Crippen molar-refractivity contribution in [2.75, 3.05) is 6.54 Å². The maximum atomic E-state index is 13.0. The molecule has 0 radical (unpaired) electrons. The topological polar surface area (TPSA) is 88.6 Å². The van der Waals surface area contributed by atoms with Crippen LogP contribution in [0.1, 0.15) is 19.1 Å². The molecule has 2 atom stereocenters. The number of urea groups is 1. The molecule has 1 saturated heterocycles. The van der Waals surface area contributed by atoms with E-state index in [4.69, 9.17) is 10.2 Å². The third-order valence-electron chi connectivity index (χ3n) is 3.37. The molecule has 3 N–H and O–H groups in total. The van der Waals surface area contributed by atoms with Gasteiger partial charge in [-0.05, 0) is 32.0 Å². The Kier molecular flexibility index (Phi) is 3.70. The maximum Gasteiger partial charge on any atom is 0.409 e. The van der Waals surface area contributed by atoms with E-state index >= 15 is 0 Å². The molecule has 0 aromatic carbocycles. The summed E-state index contributed by atoms with van der Waals surface area (Å²) in [6.07, 6.45) is -4.04. The van der Waals surface area contributed by atoms with E-state index in [1.165, 1.54) is 25.3 Å². The summed E-state index contributed by atoms with van der Waals surface area (Å²) in [7, 11) is 0. The fourth-order valence-corrected chi connectivity index (χ4v) is 2.27. The van der Waals surface area contributed by atoms with Gasteiger partial charge in [-0.25, -0.2) is 9.69 Å². The second kappa shape index (κ2) is 5.06. The predicted molar refractivity (Wildman–Crippen MR) is 65.0 cm³/mol. The quantitative estimate of drug-likeness (QED) is 0.821. The number of nitrogens with one attached hydrogen (secondary N) is 1. The van der Waals surface area contributed by atoms with Gasteiger partial charge in [-0.1, -0.05) is 0 Å². The van der Waals surface area contributed by atoms with Crippen molar-refractivity contribution < 1.29 is 27.2 Å². The molecule has 21 heavy (non-hydrogen) atoms. The fraction of sp³-hybridized carbons (Fsp3) is 0.500. The molecule has 2 unspecified atom stereocenters. The minimum Gasteiger partial charge on any atom is -0.466 e. The van der Waals surface area contributed by atoms with E-state index in [1.807, 2.05) is 0 Å². The van der Waals surface area contributed by atoms with Gasteiger partial charge in [0.15, 0.2) is 5.54 Å². The van der Waals surface area contributed by atoms with Crippen molar-refractivity contribution in [3.63, 3.8) is 0 Å². The molecule has 1 fully saturated rings. The second-order valence-corrected chi connectivity index (χ2v) is 4.84. The minimum absolute atomic E-state index is 0.0667. The van der Waals surface area contributed by atoms with Crippen molar-refractivity contribution in [1.29, 1.82) is 0 Å². The zero-order chi connectivity index (χ0) is 15.8. The molecule has 9 heteroatoms. The summed E-state index contributed by atoms with van der Waals surface area (Å²) >= 11 is 0. The molecule has 0 spiro atoms. The molecule has 1 aromatic rings. The molecular weight excluding hydrogens is 291 g/mol. The van der Waals surface area contributed by atoms with E-state index in [-0.39, 0.29) is 17.2 Å². The highest BCUT2D eigenvalue weighted by molar-refractivity contribution is 6.07. The molecule has 2 rings (SSSR count). The Morgan fingerprint density at radius 2 is 2.14 bits per heavy atom. The average molecular weight is 305 g/mol. The van der Waals surface area contributed by atoms with E-state index in [2.05, 4.69) is 5.32 Å². The third kappa shape index (κ3) is 2.48. The molecular formula is C12H14F3N3O3. The number of amides is 3. The zero-order valence-corrected chi connectivity index (χ0v) is 11.1. The lowest BCUT2D eigenvalue weighted by molar-refractivity contribution is -0.182. The summed E-state index contributed by atoms with van der Waals surface area (Å²) in [5.74, 6) is -0.949. The number of furan rings is 1. The van der Waals surface area contributed by atoms with Crippen LogP contribution in [0, 0.1) is 0 Å². The smallest absolute Gasteiger partial charge is 0.409 e. The lowest BCUT2D eigenvalue weighted by Gasteiger charge is -2.27. The lowest BCUT2D eigenvalue weighted by atomic mass is 9.98. The van der Waals surface area contributed by atoms with Crippen LogP contribution in [0.2, 0.25) is 0 Å². The molecule has 1 aromatic heterocycles. The highest BCUT2D eigenvalue weighted by atomic mass is 19.4. The first-order chi connectivity index (χ1) is 9.71. The molecule has 116 valence electrons. The summed E-state index contributed by atoms with van der Waals surface area (Å²) in [6.45, 7) is 0.987. The number of halogens is 3. The van der Waals surface area contributed by atoms with E-state index < -0.39 is 36.1 Å². The Hall–Kier alpha value is -2.03. The van der Waals surface area contributed by atoms with E-state index in [9.17, 15) is 22.8 Å². The SMILES string of the molecule is CC1(c2ccco2)NC(=O)N(C(CCN)C(F)(F)F)C1=O. The number of carbonyl (C=O) groups is 2. The fourth-order valence-electron chi connectivity index (χ4n) is 2.27. The number of hydrogen-bond acceptors (Lipinski definition) is 4. The van der Waals surface area contributed by atoms with Crippen molar-refractivity contribution in [2.24, 2.45) is 5.73 Å². The van der Waals surface area contributed by atoms with Gasteiger partial charge < -0.3 is 15.5 Å². The summed E-state index contributed by atoms with van der Waals surface area (Å²) in [6, 6.07) is -0.488. The average Bonchev–Trinajstić information content (AvgIpc) is 2.96. The first-order valence-corrected chi connectivity index (χ1v) is 6.18. The normalized spacial score (nSPS) is 24.3. The predicted octanol–water partition coefficient (Wildman–Crippen LogP) is 1.33. The van der Waals surface area contributed by atoms with Gasteiger partial charge in [-0.15, -0.1) is 0 Å². The number of nitrogens with zero attached hydrogens (tertiary/aromatic N) is 1. The molecule has 6 nitrogen and oxygen atoms in total. The van der Waals surface area contributed by atoms with E-state index in [0.717, 1.165) is 0 Å². The van der Waals surface area contributed by atoms with Gasteiger partial charge in [-0.3, -0.25) is 4.79 Å². The molecule has 1 aliphatic rings. The van der Waals surface area contributed by atoms with Crippen LogP contribution in [0.15, 0.2) is 22.8 Å². The Morgan fingerprint density at radius 1 is 1.48 bits per heavy atom. The second-order valence-electron chi connectivity index (χ2n) is 4.84. The van der Waals surface area contributed by atoms with Crippen molar-refractivity contribution in [3.05, 3.63) is 24.2 Å². The van der Waals surface area contributed by atoms with Crippen molar-refractivity contribution in [2.45, 2.75) is 31.1 Å². The van der Waals surface area contributed by atoms with Crippen molar-refractivity contribution >= 4 is 11.9 Å². The summed E-state index contributed by atoms with van der Waals surface area (Å²) in [5, 5.41) is 2.25. The van der Waals surface area contributed by atoms with Crippen LogP contribution >= 0.6 is 0 Å².